The predicted molar refractivity (Wildman–Crippen MR) is 76.8 cm³/mol. The molecule has 0 saturated heterocycles. The van der Waals surface area contributed by atoms with Crippen molar-refractivity contribution in [3.05, 3.63) is 33.0 Å². The summed E-state index contributed by atoms with van der Waals surface area (Å²) in [6.07, 6.45) is 4.78. The molecule has 96 valence electrons. The SMILES string of the molecule is CCCC(c1cccs1)n1c(C2CC2)n[nH]c1=S. The molecule has 0 radical (unpaired) electrons. The maximum Gasteiger partial charge on any atom is 0.195 e. The minimum absolute atomic E-state index is 0.358. The molecule has 1 N–H and O–H groups in total. The number of hydrogen-bond donors (Lipinski definition) is 1. The van der Waals surface area contributed by atoms with Gasteiger partial charge >= 0.3 is 0 Å². The van der Waals surface area contributed by atoms with E-state index in [-0.39, 0.29) is 0 Å². The lowest BCUT2D eigenvalue weighted by atomic mass is 10.1. The lowest BCUT2D eigenvalue weighted by molar-refractivity contribution is 0.515. The highest BCUT2D eigenvalue weighted by atomic mass is 32.1. The first-order chi connectivity index (χ1) is 8.81. The number of aromatic amines is 1. The molecule has 1 aliphatic rings. The summed E-state index contributed by atoms with van der Waals surface area (Å²) in [4.78, 5) is 1.39. The summed E-state index contributed by atoms with van der Waals surface area (Å²) in [5.74, 6) is 1.78. The van der Waals surface area contributed by atoms with Gasteiger partial charge in [0, 0.05) is 10.8 Å². The van der Waals surface area contributed by atoms with Crippen LogP contribution in [-0.2, 0) is 0 Å². The third-order valence-electron chi connectivity index (χ3n) is 3.42. The van der Waals surface area contributed by atoms with Crippen molar-refractivity contribution in [3.8, 4) is 0 Å². The van der Waals surface area contributed by atoms with Gasteiger partial charge < -0.3 is 0 Å². The highest BCUT2D eigenvalue weighted by Crippen LogP contribution is 2.41. The first-order valence-electron chi connectivity index (χ1n) is 6.51. The molecule has 18 heavy (non-hydrogen) atoms. The van der Waals surface area contributed by atoms with E-state index >= 15 is 0 Å². The Hall–Kier alpha value is -0.940. The smallest absolute Gasteiger partial charge is 0.195 e. The van der Waals surface area contributed by atoms with Crippen LogP contribution in [0.3, 0.4) is 0 Å². The third kappa shape index (κ3) is 2.17. The zero-order valence-corrected chi connectivity index (χ0v) is 12.1. The van der Waals surface area contributed by atoms with E-state index in [1.54, 1.807) is 0 Å². The van der Waals surface area contributed by atoms with Crippen molar-refractivity contribution < 1.29 is 0 Å². The number of nitrogens with zero attached hydrogens (tertiary/aromatic N) is 2. The molecule has 5 heteroatoms. The van der Waals surface area contributed by atoms with Gasteiger partial charge in [-0.1, -0.05) is 19.4 Å². The van der Waals surface area contributed by atoms with Gasteiger partial charge in [-0.05, 0) is 42.9 Å². The highest BCUT2D eigenvalue weighted by molar-refractivity contribution is 7.71. The molecule has 1 fully saturated rings. The molecule has 2 aromatic heterocycles. The summed E-state index contributed by atoms with van der Waals surface area (Å²) in [6, 6.07) is 4.68. The van der Waals surface area contributed by atoms with Crippen LogP contribution in [0.2, 0.25) is 0 Å². The fourth-order valence-electron chi connectivity index (χ4n) is 2.40. The van der Waals surface area contributed by atoms with Crippen molar-refractivity contribution in [2.45, 2.75) is 44.6 Å². The second-order valence-electron chi connectivity index (χ2n) is 4.85. The molecule has 0 bridgehead atoms. The molecular formula is C13H17N3S2. The van der Waals surface area contributed by atoms with Crippen LogP contribution >= 0.6 is 23.6 Å². The molecule has 2 heterocycles. The van der Waals surface area contributed by atoms with Crippen molar-refractivity contribution in [2.75, 3.05) is 0 Å². The molecule has 0 aliphatic heterocycles. The van der Waals surface area contributed by atoms with Crippen LogP contribution in [0.1, 0.15) is 55.3 Å². The number of thiophene rings is 1. The lowest BCUT2D eigenvalue weighted by Gasteiger charge is -2.18. The van der Waals surface area contributed by atoms with E-state index in [0.717, 1.165) is 23.4 Å². The number of nitrogens with one attached hydrogen (secondary N) is 1. The van der Waals surface area contributed by atoms with Gasteiger partial charge in [0.1, 0.15) is 5.82 Å². The Balaban J connectivity index is 2.04. The van der Waals surface area contributed by atoms with E-state index in [4.69, 9.17) is 12.2 Å². The van der Waals surface area contributed by atoms with E-state index in [9.17, 15) is 0 Å². The topological polar surface area (TPSA) is 33.6 Å². The predicted octanol–water partition coefficient (Wildman–Crippen LogP) is 4.27. The molecule has 2 aromatic rings. The van der Waals surface area contributed by atoms with Crippen LogP contribution < -0.4 is 0 Å². The fraction of sp³-hybridized carbons (Fsp3) is 0.538. The van der Waals surface area contributed by atoms with Gasteiger partial charge in [0.2, 0.25) is 0 Å². The van der Waals surface area contributed by atoms with E-state index in [0.29, 0.717) is 12.0 Å². The van der Waals surface area contributed by atoms with Gasteiger partial charge in [-0.15, -0.1) is 11.3 Å². The molecule has 1 aliphatic carbocycles. The normalized spacial score (nSPS) is 16.9. The Bertz CT molecular complexity index is 563. The lowest BCUT2D eigenvalue weighted by Crippen LogP contribution is -2.12. The van der Waals surface area contributed by atoms with Crippen molar-refractivity contribution in [1.82, 2.24) is 14.8 Å². The molecule has 3 nitrogen and oxygen atoms in total. The first kappa shape index (κ1) is 12.1. The second-order valence-corrected chi connectivity index (χ2v) is 6.22. The maximum absolute atomic E-state index is 5.43. The van der Waals surface area contributed by atoms with Crippen molar-refractivity contribution in [1.29, 1.82) is 0 Å². The number of hydrogen-bond acceptors (Lipinski definition) is 3. The molecular weight excluding hydrogens is 262 g/mol. The van der Waals surface area contributed by atoms with Crippen LogP contribution in [0.5, 0.6) is 0 Å². The van der Waals surface area contributed by atoms with Gasteiger partial charge in [-0.2, -0.15) is 5.10 Å². The summed E-state index contributed by atoms with van der Waals surface area (Å²) < 4.78 is 3.02. The van der Waals surface area contributed by atoms with E-state index < -0.39 is 0 Å². The fourth-order valence-corrected chi connectivity index (χ4v) is 3.52. The van der Waals surface area contributed by atoms with Crippen LogP contribution in [-0.4, -0.2) is 14.8 Å². The largest absolute Gasteiger partial charge is 0.295 e. The molecule has 3 rings (SSSR count). The molecule has 1 unspecified atom stereocenters. The summed E-state index contributed by atoms with van der Waals surface area (Å²) in [6.45, 7) is 2.22. The molecule has 0 aromatic carbocycles. The van der Waals surface area contributed by atoms with Gasteiger partial charge in [-0.3, -0.25) is 9.67 Å². The minimum Gasteiger partial charge on any atom is -0.295 e. The standard InChI is InChI=1S/C13H17N3S2/c1-2-4-10(11-5-3-8-18-11)16-12(9-6-7-9)14-15-13(16)17/h3,5,8-10H,2,4,6-7H2,1H3,(H,15,17). The van der Waals surface area contributed by atoms with Crippen LogP contribution in [0.25, 0.3) is 0 Å². The Morgan fingerprint density at radius 1 is 1.61 bits per heavy atom. The average molecular weight is 279 g/mol. The zero-order chi connectivity index (χ0) is 12.5. The number of H-pyrrole nitrogens is 1. The first-order valence-corrected chi connectivity index (χ1v) is 7.80. The Morgan fingerprint density at radius 2 is 2.44 bits per heavy atom. The van der Waals surface area contributed by atoms with Gasteiger partial charge in [0.25, 0.3) is 0 Å². The van der Waals surface area contributed by atoms with E-state index in [1.165, 1.54) is 17.7 Å². The van der Waals surface area contributed by atoms with Gasteiger partial charge in [0.05, 0.1) is 6.04 Å². The quantitative estimate of drug-likeness (QED) is 0.829. The average Bonchev–Trinajstić information content (AvgIpc) is 2.93. The Kier molecular flexibility index (Phi) is 3.35. The Morgan fingerprint density at radius 3 is 3.06 bits per heavy atom. The maximum atomic E-state index is 5.43. The molecule has 1 atom stereocenters. The number of aromatic nitrogens is 3. The zero-order valence-electron chi connectivity index (χ0n) is 10.4. The van der Waals surface area contributed by atoms with E-state index in [1.807, 2.05) is 11.3 Å². The monoisotopic (exact) mass is 279 g/mol. The van der Waals surface area contributed by atoms with Crippen molar-refractivity contribution >= 4 is 23.6 Å². The van der Waals surface area contributed by atoms with Crippen molar-refractivity contribution in [2.24, 2.45) is 0 Å². The molecule has 0 spiro atoms. The minimum atomic E-state index is 0.358. The van der Waals surface area contributed by atoms with E-state index in [2.05, 4.69) is 39.2 Å². The van der Waals surface area contributed by atoms with Gasteiger partial charge in [0.15, 0.2) is 4.77 Å². The van der Waals surface area contributed by atoms with Crippen LogP contribution in [0.4, 0.5) is 0 Å². The molecule has 1 saturated carbocycles. The van der Waals surface area contributed by atoms with Crippen LogP contribution in [0.15, 0.2) is 17.5 Å². The van der Waals surface area contributed by atoms with Crippen LogP contribution in [0, 0.1) is 4.77 Å². The summed E-state index contributed by atoms with van der Waals surface area (Å²) in [5, 5.41) is 9.56. The summed E-state index contributed by atoms with van der Waals surface area (Å²) >= 11 is 7.24. The van der Waals surface area contributed by atoms with Gasteiger partial charge in [-0.25, -0.2) is 0 Å². The van der Waals surface area contributed by atoms with Crippen molar-refractivity contribution in [3.63, 3.8) is 0 Å². The highest BCUT2D eigenvalue weighted by Gasteiger charge is 2.31. The Labute approximate surface area is 116 Å². The summed E-state index contributed by atoms with van der Waals surface area (Å²) in [7, 11) is 0. The second kappa shape index (κ2) is 4.97. The number of rotatable bonds is 5. The molecule has 0 amide bonds. The summed E-state index contributed by atoms with van der Waals surface area (Å²) in [5.41, 5.74) is 0. The third-order valence-corrected chi connectivity index (χ3v) is 4.68.